The van der Waals surface area contributed by atoms with Crippen LogP contribution in [0.25, 0.3) is 16.8 Å². The van der Waals surface area contributed by atoms with Gasteiger partial charge in [-0.05, 0) is 22.9 Å². The van der Waals surface area contributed by atoms with E-state index >= 15 is 0 Å². The molecule has 1 aliphatic rings. The Bertz CT molecular complexity index is 570. The van der Waals surface area contributed by atoms with Gasteiger partial charge in [-0.3, -0.25) is 5.43 Å². The maximum absolute atomic E-state index is 3.83. The molecule has 2 aromatic carbocycles. The van der Waals surface area contributed by atoms with Gasteiger partial charge < -0.3 is 0 Å². The summed E-state index contributed by atoms with van der Waals surface area (Å²) in [6.45, 7) is 0. The molecule has 0 spiro atoms. The van der Waals surface area contributed by atoms with Crippen LogP contribution in [0.3, 0.4) is 0 Å². The highest BCUT2D eigenvalue weighted by Crippen LogP contribution is 2.28. The second-order valence-electron chi connectivity index (χ2n) is 3.39. The summed E-state index contributed by atoms with van der Waals surface area (Å²) in [5, 5.41) is 10.1. The van der Waals surface area contributed by atoms with Gasteiger partial charge in [-0.2, -0.15) is 0 Å². The lowest BCUT2D eigenvalue weighted by molar-refractivity contribution is 1.14. The molecule has 0 bridgehead atoms. The zero-order chi connectivity index (χ0) is 10.1. The lowest BCUT2D eigenvalue weighted by atomic mass is 10.0. The Balaban J connectivity index is 2.38. The SMILES string of the molecule is C1=Cc2c(ccc3ccccc23)NN=N1. The third-order valence-electron chi connectivity index (χ3n) is 2.51. The quantitative estimate of drug-likeness (QED) is 0.685. The van der Waals surface area contributed by atoms with E-state index in [1.807, 2.05) is 24.3 Å². The van der Waals surface area contributed by atoms with E-state index in [1.54, 1.807) is 6.20 Å². The lowest BCUT2D eigenvalue weighted by Crippen LogP contribution is -1.89. The molecule has 3 nitrogen and oxygen atoms in total. The van der Waals surface area contributed by atoms with Crippen molar-refractivity contribution >= 4 is 22.5 Å². The van der Waals surface area contributed by atoms with Crippen LogP contribution in [0.2, 0.25) is 0 Å². The van der Waals surface area contributed by atoms with Crippen LogP contribution in [0.5, 0.6) is 0 Å². The molecule has 0 atom stereocenters. The largest absolute Gasteiger partial charge is 0.259 e. The Hall–Kier alpha value is -2.16. The van der Waals surface area contributed by atoms with Crippen LogP contribution >= 0.6 is 0 Å². The Morgan fingerprint density at radius 2 is 1.93 bits per heavy atom. The van der Waals surface area contributed by atoms with Crippen molar-refractivity contribution < 1.29 is 0 Å². The molecule has 72 valence electrons. The van der Waals surface area contributed by atoms with Gasteiger partial charge in [0.15, 0.2) is 0 Å². The number of anilines is 1. The zero-order valence-corrected chi connectivity index (χ0v) is 8.01. The Labute approximate surface area is 87.1 Å². The van der Waals surface area contributed by atoms with Crippen molar-refractivity contribution in [3.63, 3.8) is 0 Å². The number of rotatable bonds is 0. The minimum atomic E-state index is 0.992. The third kappa shape index (κ3) is 1.29. The van der Waals surface area contributed by atoms with Crippen molar-refractivity contribution in [2.75, 3.05) is 5.43 Å². The van der Waals surface area contributed by atoms with E-state index < -0.39 is 0 Å². The van der Waals surface area contributed by atoms with Crippen LogP contribution in [0.4, 0.5) is 5.69 Å². The zero-order valence-electron chi connectivity index (χ0n) is 8.01. The minimum absolute atomic E-state index is 0.992. The molecule has 1 N–H and O–H groups in total. The van der Waals surface area contributed by atoms with Crippen molar-refractivity contribution in [1.82, 2.24) is 0 Å². The van der Waals surface area contributed by atoms with E-state index in [1.165, 1.54) is 10.8 Å². The number of nitrogens with one attached hydrogen (secondary N) is 1. The van der Waals surface area contributed by atoms with Crippen LogP contribution in [-0.2, 0) is 0 Å². The minimum Gasteiger partial charge on any atom is -0.259 e. The van der Waals surface area contributed by atoms with Gasteiger partial charge in [-0.15, -0.1) is 5.11 Å². The number of hydrogen-bond donors (Lipinski definition) is 1. The van der Waals surface area contributed by atoms with Crippen molar-refractivity contribution in [3.05, 3.63) is 48.2 Å². The van der Waals surface area contributed by atoms with Crippen LogP contribution in [0.1, 0.15) is 5.56 Å². The summed E-state index contributed by atoms with van der Waals surface area (Å²) < 4.78 is 0. The summed E-state index contributed by atoms with van der Waals surface area (Å²) in [5.41, 5.74) is 5.04. The van der Waals surface area contributed by atoms with Gasteiger partial charge in [0.25, 0.3) is 0 Å². The van der Waals surface area contributed by atoms with E-state index in [-0.39, 0.29) is 0 Å². The van der Waals surface area contributed by atoms with Crippen LogP contribution < -0.4 is 5.43 Å². The van der Waals surface area contributed by atoms with Crippen LogP contribution in [0, 0.1) is 0 Å². The molecule has 0 aliphatic carbocycles. The topological polar surface area (TPSA) is 36.8 Å². The van der Waals surface area contributed by atoms with Crippen molar-refractivity contribution in [2.24, 2.45) is 10.3 Å². The molecule has 0 aromatic heterocycles. The molecule has 0 saturated carbocycles. The van der Waals surface area contributed by atoms with Gasteiger partial charge in [0.1, 0.15) is 0 Å². The molecule has 0 fully saturated rings. The van der Waals surface area contributed by atoms with E-state index in [0.29, 0.717) is 0 Å². The third-order valence-corrected chi connectivity index (χ3v) is 2.51. The molecule has 3 rings (SSSR count). The normalized spacial score (nSPS) is 13.3. The van der Waals surface area contributed by atoms with Gasteiger partial charge in [0, 0.05) is 5.56 Å². The summed E-state index contributed by atoms with van der Waals surface area (Å²) in [4.78, 5) is 0. The molecular formula is C12H9N3. The molecule has 1 heterocycles. The first kappa shape index (κ1) is 8.17. The highest BCUT2D eigenvalue weighted by atomic mass is 15.4. The molecular weight excluding hydrogens is 186 g/mol. The summed E-state index contributed by atoms with van der Waals surface area (Å²) in [7, 11) is 0. The predicted octanol–water partition coefficient (Wildman–Crippen LogP) is 3.60. The Morgan fingerprint density at radius 3 is 2.93 bits per heavy atom. The molecule has 0 unspecified atom stereocenters. The smallest absolute Gasteiger partial charge is 0.0658 e. The molecule has 2 aromatic rings. The Kier molecular flexibility index (Phi) is 1.75. The molecule has 0 radical (unpaired) electrons. The van der Waals surface area contributed by atoms with Crippen molar-refractivity contribution in [1.29, 1.82) is 0 Å². The van der Waals surface area contributed by atoms with Crippen LogP contribution in [0.15, 0.2) is 52.9 Å². The first-order chi connectivity index (χ1) is 7.45. The highest BCUT2D eigenvalue weighted by Gasteiger charge is 2.05. The predicted molar refractivity (Wildman–Crippen MR) is 61.5 cm³/mol. The lowest BCUT2D eigenvalue weighted by Gasteiger charge is -2.06. The maximum atomic E-state index is 3.83. The molecule has 0 saturated heterocycles. The van der Waals surface area contributed by atoms with Crippen LogP contribution in [-0.4, -0.2) is 0 Å². The summed E-state index contributed by atoms with van der Waals surface area (Å²) in [5.74, 6) is 0. The fourth-order valence-corrected chi connectivity index (χ4v) is 1.80. The van der Waals surface area contributed by atoms with E-state index in [2.05, 4.69) is 34.0 Å². The average Bonchev–Trinajstić information content (AvgIpc) is 2.54. The maximum Gasteiger partial charge on any atom is 0.0658 e. The van der Waals surface area contributed by atoms with E-state index in [9.17, 15) is 0 Å². The summed E-state index contributed by atoms with van der Waals surface area (Å²) in [6, 6.07) is 12.4. The monoisotopic (exact) mass is 195 g/mol. The van der Waals surface area contributed by atoms with Gasteiger partial charge in [-0.25, -0.2) is 0 Å². The standard InChI is InChI=1S/C12H9N3/c1-2-4-10-9(3-1)5-6-12-11(10)7-8-13-15-14-12/h1-8H,(H,13,14). The van der Waals surface area contributed by atoms with Gasteiger partial charge in [-0.1, -0.05) is 35.6 Å². The number of benzene rings is 2. The van der Waals surface area contributed by atoms with Gasteiger partial charge >= 0.3 is 0 Å². The first-order valence-corrected chi connectivity index (χ1v) is 4.79. The highest BCUT2D eigenvalue weighted by molar-refractivity contribution is 5.95. The molecule has 0 amide bonds. The second-order valence-corrected chi connectivity index (χ2v) is 3.39. The molecule has 1 aliphatic heterocycles. The van der Waals surface area contributed by atoms with Gasteiger partial charge in [0.05, 0.1) is 11.9 Å². The average molecular weight is 195 g/mol. The van der Waals surface area contributed by atoms with E-state index in [0.717, 1.165) is 11.3 Å². The van der Waals surface area contributed by atoms with Crippen molar-refractivity contribution in [2.45, 2.75) is 0 Å². The fourth-order valence-electron chi connectivity index (χ4n) is 1.80. The van der Waals surface area contributed by atoms with Crippen molar-refractivity contribution in [3.8, 4) is 0 Å². The van der Waals surface area contributed by atoms with E-state index in [4.69, 9.17) is 0 Å². The number of nitrogens with zero attached hydrogens (tertiary/aromatic N) is 2. The Morgan fingerprint density at radius 1 is 1.00 bits per heavy atom. The van der Waals surface area contributed by atoms with Gasteiger partial charge in [0.2, 0.25) is 0 Å². The number of hydrogen-bond acceptors (Lipinski definition) is 3. The molecule has 3 heteroatoms. The number of fused-ring (bicyclic) bond motifs is 3. The fraction of sp³-hybridized carbons (Fsp3) is 0. The second kappa shape index (κ2) is 3.20. The summed E-state index contributed by atoms with van der Waals surface area (Å²) in [6.07, 6.45) is 3.67. The summed E-state index contributed by atoms with van der Waals surface area (Å²) >= 11 is 0. The first-order valence-electron chi connectivity index (χ1n) is 4.79. The molecule has 15 heavy (non-hydrogen) atoms.